The quantitative estimate of drug-likeness (QED) is 0.386. The molecule has 0 bridgehead atoms. The summed E-state index contributed by atoms with van der Waals surface area (Å²) in [7, 11) is 0. The molecule has 0 amide bonds. The molecule has 6 nitrogen and oxygen atoms in total. The maximum Gasteiger partial charge on any atom is 0.416 e. The summed E-state index contributed by atoms with van der Waals surface area (Å²) >= 11 is 1.79. The molecule has 0 atom stereocenters. The second-order valence-corrected chi connectivity index (χ2v) is 8.17. The Balaban J connectivity index is 1.57. The zero-order valence-corrected chi connectivity index (χ0v) is 17.0. The number of nitrogens with zero attached hydrogens (tertiary/aromatic N) is 3. The third-order valence-corrected chi connectivity index (χ3v) is 5.81. The van der Waals surface area contributed by atoms with Gasteiger partial charge in [0.15, 0.2) is 11.6 Å². The Labute approximate surface area is 181 Å². The van der Waals surface area contributed by atoms with Crippen molar-refractivity contribution in [2.24, 2.45) is 0 Å². The molecule has 1 aliphatic rings. The second kappa shape index (κ2) is 8.48. The van der Waals surface area contributed by atoms with E-state index in [0.717, 1.165) is 41.7 Å². The van der Waals surface area contributed by atoms with Crippen molar-refractivity contribution in [2.75, 3.05) is 22.7 Å². The number of alkyl halides is 3. The zero-order valence-electron chi connectivity index (χ0n) is 15.4. The Kier molecular flexibility index (Phi) is 5.90. The first-order chi connectivity index (χ1) is 14.7. The van der Waals surface area contributed by atoms with E-state index in [0.29, 0.717) is 11.2 Å². The minimum atomic E-state index is -4.67. The van der Waals surface area contributed by atoms with Crippen LogP contribution in [0.2, 0.25) is 0 Å². The topological polar surface area (TPSA) is 70.5 Å². The maximum atomic E-state index is 14.5. The number of hydrogen-bond acceptors (Lipinski definition) is 8. The molecule has 4 rings (SSSR count). The second-order valence-electron chi connectivity index (χ2n) is 6.54. The standard InChI is InChI=1S/C18H13F5N4O2S2/c19-13-5-16(30-26-17-24-8-25-31-17)14(20)4-15(13)29-12-2-9(18(21,22)23)1-10(3-12)27-6-11(28)7-27/h1-5,8,11,28H,6-7H2,(H,24,25,26). The van der Waals surface area contributed by atoms with Crippen molar-refractivity contribution in [1.29, 1.82) is 0 Å². The lowest BCUT2D eigenvalue weighted by Gasteiger charge is -2.38. The summed E-state index contributed by atoms with van der Waals surface area (Å²) in [6.45, 7) is 0.328. The largest absolute Gasteiger partial charge is 0.454 e. The highest BCUT2D eigenvalue weighted by atomic mass is 32.2. The molecule has 164 valence electrons. The summed E-state index contributed by atoms with van der Waals surface area (Å²) in [5, 5.41) is 9.80. The fourth-order valence-corrected chi connectivity index (χ4v) is 3.90. The molecule has 0 aliphatic carbocycles. The summed E-state index contributed by atoms with van der Waals surface area (Å²) < 4.78 is 80.4. The van der Waals surface area contributed by atoms with Crippen LogP contribution in [0.4, 0.5) is 32.8 Å². The highest BCUT2D eigenvalue weighted by Crippen LogP contribution is 2.39. The van der Waals surface area contributed by atoms with Crippen LogP contribution in [-0.4, -0.2) is 33.7 Å². The van der Waals surface area contributed by atoms with Gasteiger partial charge in [0.1, 0.15) is 17.9 Å². The summed E-state index contributed by atoms with van der Waals surface area (Å²) in [5.41, 5.74) is -0.847. The first kappa shape index (κ1) is 21.6. The van der Waals surface area contributed by atoms with E-state index in [9.17, 15) is 27.1 Å². The minimum absolute atomic E-state index is 0.0978. The van der Waals surface area contributed by atoms with E-state index in [4.69, 9.17) is 4.74 Å². The molecule has 2 heterocycles. The smallest absolute Gasteiger partial charge is 0.416 e. The molecule has 2 N–H and O–H groups in total. The average molecular weight is 476 g/mol. The van der Waals surface area contributed by atoms with Crippen molar-refractivity contribution in [3.8, 4) is 11.5 Å². The Hall–Kier alpha value is -2.64. The molecule has 0 spiro atoms. The molecule has 1 saturated heterocycles. The van der Waals surface area contributed by atoms with Crippen molar-refractivity contribution in [3.63, 3.8) is 0 Å². The van der Waals surface area contributed by atoms with E-state index < -0.39 is 35.2 Å². The molecule has 31 heavy (non-hydrogen) atoms. The molecular weight excluding hydrogens is 463 g/mol. The minimum Gasteiger partial charge on any atom is -0.454 e. The molecule has 1 fully saturated rings. The fraction of sp³-hybridized carbons (Fsp3) is 0.222. The maximum absolute atomic E-state index is 14.5. The molecule has 1 aromatic heterocycles. The monoisotopic (exact) mass is 476 g/mol. The van der Waals surface area contributed by atoms with Crippen LogP contribution < -0.4 is 14.4 Å². The van der Waals surface area contributed by atoms with E-state index >= 15 is 0 Å². The summed E-state index contributed by atoms with van der Waals surface area (Å²) in [6, 6.07) is 4.51. The van der Waals surface area contributed by atoms with Crippen LogP contribution in [0.15, 0.2) is 41.6 Å². The van der Waals surface area contributed by atoms with Crippen LogP contribution in [-0.2, 0) is 6.18 Å². The molecule has 2 aromatic carbocycles. The van der Waals surface area contributed by atoms with Crippen molar-refractivity contribution >= 4 is 34.3 Å². The third-order valence-electron chi connectivity index (χ3n) is 4.27. The van der Waals surface area contributed by atoms with Gasteiger partial charge in [-0.05, 0) is 30.1 Å². The van der Waals surface area contributed by atoms with Crippen molar-refractivity contribution in [1.82, 2.24) is 9.36 Å². The van der Waals surface area contributed by atoms with Gasteiger partial charge < -0.3 is 19.5 Å². The predicted molar refractivity (Wildman–Crippen MR) is 105 cm³/mol. The van der Waals surface area contributed by atoms with Crippen molar-refractivity contribution in [2.45, 2.75) is 17.2 Å². The van der Waals surface area contributed by atoms with Crippen LogP contribution in [0.5, 0.6) is 11.5 Å². The van der Waals surface area contributed by atoms with Gasteiger partial charge in [-0.25, -0.2) is 13.8 Å². The van der Waals surface area contributed by atoms with E-state index in [-0.39, 0.29) is 29.4 Å². The van der Waals surface area contributed by atoms with E-state index in [1.54, 1.807) is 0 Å². The lowest BCUT2D eigenvalue weighted by Crippen LogP contribution is -2.50. The molecule has 1 aliphatic heterocycles. The predicted octanol–water partition coefficient (Wildman–Crippen LogP) is 4.93. The SMILES string of the molecule is OC1CN(c2cc(Oc3cc(F)c(SNc4ncns4)cc3F)cc(C(F)(F)F)c2)C1. The Morgan fingerprint density at radius 3 is 2.55 bits per heavy atom. The number of nitrogens with one attached hydrogen (secondary N) is 1. The number of halogens is 5. The first-order valence-corrected chi connectivity index (χ1v) is 10.3. The number of hydrogen-bond donors (Lipinski definition) is 2. The average Bonchev–Trinajstić information content (AvgIpc) is 3.19. The molecule has 0 radical (unpaired) electrons. The molecule has 13 heteroatoms. The van der Waals surface area contributed by atoms with Gasteiger partial charge in [0.25, 0.3) is 0 Å². The van der Waals surface area contributed by atoms with E-state index in [1.165, 1.54) is 17.3 Å². The number of aromatic nitrogens is 2. The number of anilines is 2. The highest BCUT2D eigenvalue weighted by molar-refractivity contribution is 8.00. The fourth-order valence-electron chi connectivity index (χ4n) is 2.77. The number of benzene rings is 2. The van der Waals surface area contributed by atoms with Gasteiger partial charge in [-0.15, -0.1) is 0 Å². The summed E-state index contributed by atoms with van der Waals surface area (Å²) in [6.07, 6.45) is -4.01. The van der Waals surface area contributed by atoms with Gasteiger partial charge in [0.05, 0.1) is 16.6 Å². The summed E-state index contributed by atoms with van der Waals surface area (Å²) in [5.74, 6) is -2.67. The van der Waals surface area contributed by atoms with E-state index in [1.807, 2.05) is 0 Å². The number of rotatable bonds is 6. The Morgan fingerprint density at radius 2 is 1.90 bits per heavy atom. The van der Waals surface area contributed by atoms with Crippen LogP contribution >= 0.6 is 23.5 Å². The van der Waals surface area contributed by atoms with Crippen molar-refractivity contribution in [3.05, 3.63) is 53.9 Å². The summed E-state index contributed by atoms with van der Waals surface area (Å²) in [4.78, 5) is 5.27. The van der Waals surface area contributed by atoms with Gasteiger partial charge in [0, 0.05) is 42.4 Å². The van der Waals surface area contributed by atoms with Gasteiger partial charge in [-0.1, -0.05) is 0 Å². The van der Waals surface area contributed by atoms with Gasteiger partial charge >= 0.3 is 6.18 Å². The number of aliphatic hydroxyl groups is 1. The molecule has 0 saturated carbocycles. The number of aliphatic hydroxyl groups excluding tert-OH is 1. The van der Waals surface area contributed by atoms with Crippen LogP contribution in [0, 0.1) is 11.6 Å². The lowest BCUT2D eigenvalue weighted by molar-refractivity contribution is -0.137. The molecule has 0 unspecified atom stereocenters. The van der Waals surface area contributed by atoms with Gasteiger partial charge in [0.2, 0.25) is 5.13 Å². The third kappa shape index (κ3) is 4.99. The Bertz CT molecular complexity index is 1080. The van der Waals surface area contributed by atoms with Crippen LogP contribution in [0.1, 0.15) is 5.56 Å². The highest BCUT2D eigenvalue weighted by Gasteiger charge is 2.33. The van der Waals surface area contributed by atoms with Gasteiger partial charge in [-0.2, -0.15) is 17.5 Å². The van der Waals surface area contributed by atoms with Crippen LogP contribution in [0.25, 0.3) is 0 Å². The van der Waals surface area contributed by atoms with Crippen LogP contribution in [0.3, 0.4) is 0 Å². The number of β-amino-alcohol motifs (C(OH)–C–C–N with tert-alkyl or cyclic N) is 1. The molecular formula is C18H13F5N4O2S2. The van der Waals surface area contributed by atoms with Gasteiger partial charge in [-0.3, -0.25) is 0 Å². The molecule has 3 aromatic rings. The first-order valence-electron chi connectivity index (χ1n) is 8.71. The number of ether oxygens (including phenoxy) is 1. The Morgan fingerprint density at radius 1 is 1.13 bits per heavy atom. The van der Waals surface area contributed by atoms with Crippen molar-refractivity contribution < 1.29 is 31.8 Å². The zero-order chi connectivity index (χ0) is 22.2. The van der Waals surface area contributed by atoms with E-state index in [2.05, 4.69) is 14.1 Å². The lowest BCUT2D eigenvalue weighted by atomic mass is 10.1. The normalized spacial score (nSPS) is 14.5.